The Kier molecular flexibility index (Phi) is 3.66. The van der Waals surface area contributed by atoms with Crippen LogP contribution in [0.25, 0.3) is 0 Å². The molecule has 0 spiro atoms. The number of aromatic carboxylic acids is 1. The lowest BCUT2D eigenvalue weighted by Crippen LogP contribution is -2.29. The Hall–Kier alpha value is -1.58. The molecule has 0 saturated heterocycles. The predicted molar refractivity (Wildman–Crippen MR) is 59.4 cm³/mol. The largest absolute Gasteiger partial charge is 0.478 e. The standard InChI is InChI=1S/C11H16N2O2/c1-4-8(2)13(3)10-7-12-6-5-9(10)11(14)15/h5-8H,4H2,1-3H3,(H,14,15). The van der Waals surface area contributed by atoms with E-state index in [0.29, 0.717) is 17.3 Å². The highest BCUT2D eigenvalue weighted by Gasteiger charge is 2.16. The van der Waals surface area contributed by atoms with Crippen molar-refractivity contribution in [3.05, 3.63) is 24.0 Å². The van der Waals surface area contributed by atoms with Crippen LogP contribution in [-0.2, 0) is 0 Å². The number of rotatable bonds is 4. The highest BCUT2D eigenvalue weighted by molar-refractivity contribution is 5.94. The van der Waals surface area contributed by atoms with E-state index in [1.54, 1.807) is 6.20 Å². The fraction of sp³-hybridized carbons (Fsp3) is 0.455. The summed E-state index contributed by atoms with van der Waals surface area (Å²) >= 11 is 0. The molecule has 0 aliphatic rings. The Morgan fingerprint density at radius 3 is 2.87 bits per heavy atom. The highest BCUT2D eigenvalue weighted by Crippen LogP contribution is 2.20. The lowest BCUT2D eigenvalue weighted by Gasteiger charge is -2.26. The quantitative estimate of drug-likeness (QED) is 0.822. The Labute approximate surface area is 89.6 Å². The van der Waals surface area contributed by atoms with Crippen LogP contribution in [0.1, 0.15) is 30.6 Å². The van der Waals surface area contributed by atoms with E-state index in [0.717, 1.165) is 6.42 Å². The van der Waals surface area contributed by atoms with Gasteiger partial charge in [0.15, 0.2) is 0 Å². The molecule has 1 aromatic rings. The van der Waals surface area contributed by atoms with Gasteiger partial charge in [0.25, 0.3) is 0 Å². The summed E-state index contributed by atoms with van der Waals surface area (Å²) in [6, 6.07) is 1.82. The second kappa shape index (κ2) is 4.77. The molecule has 0 aliphatic heterocycles. The molecule has 1 N–H and O–H groups in total. The molecule has 1 aromatic heterocycles. The molecule has 0 aromatic carbocycles. The molecule has 0 aliphatic carbocycles. The molecule has 15 heavy (non-hydrogen) atoms. The second-order valence-electron chi connectivity index (χ2n) is 3.57. The number of carbonyl (C=O) groups is 1. The number of hydrogen-bond acceptors (Lipinski definition) is 3. The van der Waals surface area contributed by atoms with Crippen molar-refractivity contribution in [2.75, 3.05) is 11.9 Å². The summed E-state index contributed by atoms with van der Waals surface area (Å²) in [5.41, 5.74) is 0.965. The first-order valence-electron chi connectivity index (χ1n) is 4.98. The maximum Gasteiger partial charge on any atom is 0.337 e. The van der Waals surface area contributed by atoms with Crippen molar-refractivity contribution < 1.29 is 9.90 Å². The van der Waals surface area contributed by atoms with Crippen molar-refractivity contribution in [2.45, 2.75) is 26.3 Å². The lowest BCUT2D eigenvalue weighted by atomic mass is 10.1. The van der Waals surface area contributed by atoms with Gasteiger partial charge in [-0.1, -0.05) is 6.92 Å². The van der Waals surface area contributed by atoms with E-state index in [-0.39, 0.29) is 0 Å². The first-order chi connectivity index (χ1) is 7.07. The molecule has 0 fully saturated rings. The summed E-state index contributed by atoms with van der Waals surface area (Å²) in [4.78, 5) is 16.9. The van der Waals surface area contributed by atoms with E-state index >= 15 is 0 Å². The third kappa shape index (κ3) is 2.46. The summed E-state index contributed by atoms with van der Waals surface area (Å²) in [5, 5.41) is 9.01. The average molecular weight is 208 g/mol. The number of pyridine rings is 1. The highest BCUT2D eigenvalue weighted by atomic mass is 16.4. The van der Waals surface area contributed by atoms with Gasteiger partial charge in [0.05, 0.1) is 17.4 Å². The van der Waals surface area contributed by atoms with Crippen molar-refractivity contribution in [3.8, 4) is 0 Å². The van der Waals surface area contributed by atoms with Gasteiger partial charge in [-0.25, -0.2) is 4.79 Å². The summed E-state index contributed by atoms with van der Waals surface area (Å²) in [6.45, 7) is 4.12. The van der Waals surface area contributed by atoms with Gasteiger partial charge < -0.3 is 10.0 Å². The first kappa shape index (κ1) is 11.5. The van der Waals surface area contributed by atoms with Gasteiger partial charge in [-0.15, -0.1) is 0 Å². The zero-order chi connectivity index (χ0) is 11.4. The third-order valence-electron chi connectivity index (χ3n) is 2.66. The van der Waals surface area contributed by atoms with Gasteiger partial charge in [0.2, 0.25) is 0 Å². The molecule has 1 unspecified atom stereocenters. The molecule has 4 nitrogen and oxygen atoms in total. The Bertz CT molecular complexity index is 352. The smallest absolute Gasteiger partial charge is 0.337 e. The minimum Gasteiger partial charge on any atom is -0.478 e. The van der Waals surface area contributed by atoms with E-state index in [2.05, 4.69) is 18.8 Å². The van der Waals surface area contributed by atoms with Crippen LogP contribution >= 0.6 is 0 Å². The summed E-state index contributed by atoms with van der Waals surface area (Å²) < 4.78 is 0. The fourth-order valence-corrected chi connectivity index (χ4v) is 1.36. The van der Waals surface area contributed by atoms with E-state index in [9.17, 15) is 4.79 Å². The minimum atomic E-state index is -0.914. The van der Waals surface area contributed by atoms with Gasteiger partial charge >= 0.3 is 5.97 Å². The van der Waals surface area contributed by atoms with Crippen LogP contribution in [0.3, 0.4) is 0 Å². The Morgan fingerprint density at radius 1 is 1.67 bits per heavy atom. The molecular formula is C11H16N2O2. The molecule has 1 atom stereocenters. The average Bonchev–Trinajstić information content (AvgIpc) is 2.27. The molecule has 0 radical (unpaired) electrons. The number of hydrogen-bond donors (Lipinski definition) is 1. The van der Waals surface area contributed by atoms with Crippen molar-refractivity contribution in [3.63, 3.8) is 0 Å². The SMILES string of the molecule is CCC(C)N(C)c1cnccc1C(=O)O. The van der Waals surface area contributed by atoms with E-state index in [1.807, 2.05) is 11.9 Å². The fourth-order valence-electron chi connectivity index (χ4n) is 1.36. The number of carboxylic acids is 1. The zero-order valence-corrected chi connectivity index (χ0v) is 9.27. The second-order valence-corrected chi connectivity index (χ2v) is 3.57. The normalized spacial score (nSPS) is 12.2. The van der Waals surface area contributed by atoms with Crippen LogP contribution in [0.5, 0.6) is 0 Å². The number of anilines is 1. The van der Waals surface area contributed by atoms with Gasteiger partial charge in [-0.05, 0) is 19.4 Å². The molecule has 4 heteroatoms. The van der Waals surface area contributed by atoms with Crippen LogP contribution in [0.2, 0.25) is 0 Å². The molecular weight excluding hydrogens is 192 g/mol. The van der Waals surface area contributed by atoms with E-state index in [4.69, 9.17) is 5.11 Å². The summed E-state index contributed by atoms with van der Waals surface area (Å²) in [6.07, 6.45) is 4.05. The number of aromatic nitrogens is 1. The number of carboxylic acid groups (broad SMARTS) is 1. The van der Waals surface area contributed by atoms with Crippen LogP contribution < -0.4 is 4.90 Å². The molecule has 1 rings (SSSR count). The third-order valence-corrected chi connectivity index (χ3v) is 2.66. The van der Waals surface area contributed by atoms with Gasteiger partial charge in [0.1, 0.15) is 0 Å². The Balaban J connectivity index is 3.07. The number of nitrogens with zero attached hydrogens (tertiary/aromatic N) is 2. The lowest BCUT2D eigenvalue weighted by molar-refractivity contribution is 0.0697. The minimum absolute atomic E-state index is 0.298. The zero-order valence-electron chi connectivity index (χ0n) is 9.27. The van der Waals surface area contributed by atoms with E-state index < -0.39 is 5.97 Å². The summed E-state index contributed by atoms with van der Waals surface area (Å²) in [5.74, 6) is -0.914. The van der Waals surface area contributed by atoms with Gasteiger partial charge in [-0.3, -0.25) is 4.98 Å². The van der Waals surface area contributed by atoms with Crippen molar-refractivity contribution in [1.82, 2.24) is 4.98 Å². The molecule has 0 bridgehead atoms. The van der Waals surface area contributed by atoms with Crippen molar-refractivity contribution in [2.24, 2.45) is 0 Å². The Morgan fingerprint density at radius 2 is 2.33 bits per heavy atom. The van der Waals surface area contributed by atoms with E-state index in [1.165, 1.54) is 12.3 Å². The van der Waals surface area contributed by atoms with Crippen molar-refractivity contribution in [1.29, 1.82) is 0 Å². The molecule has 0 saturated carbocycles. The molecule has 82 valence electrons. The van der Waals surface area contributed by atoms with Crippen LogP contribution in [0, 0.1) is 0 Å². The molecule has 0 amide bonds. The van der Waals surface area contributed by atoms with Gasteiger partial charge in [-0.2, -0.15) is 0 Å². The van der Waals surface area contributed by atoms with Gasteiger partial charge in [0, 0.05) is 19.3 Å². The first-order valence-corrected chi connectivity index (χ1v) is 4.98. The molecule has 1 heterocycles. The van der Waals surface area contributed by atoms with Crippen LogP contribution in [0.15, 0.2) is 18.5 Å². The maximum absolute atomic E-state index is 11.0. The van der Waals surface area contributed by atoms with Crippen molar-refractivity contribution >= 4 is 11.7 Å². The van der Waals surface area contributed by atoms with Crippen LogP contribution in [-0.4, -0.2) is 29.1 Å². The topological polar surface area (TPSA) is 53.4 Å². The summed E-state index contributed by atoms with van der Waals surface area (Å²) in [7, 11) is 1.89. The maximum atomic E-state index is 11.0. The predicted octanol–water partition coefficient (Wildman–Crippen LogP) is 2.01. The monoisotopic (exact) mass is 208 g/mol. The van der Waals surface area contributed by atoms with Crippen LogP contribution in [0.4, 0.5) is 5.69 Å².